The second kappa shape index (κ2) is 12.2. The minimum absolute atomic E-state index is 0.0980. The number of nitrogens with zero attached hydrogens (tertiary/aromatic N) is 1. The van der Waals surface area contributed by atoms with Crippen LogP contribution in [-0.4, -0.2) is 12.1 Å². The molecule has 0 amide bonds. The largest absolute Gasteiger partial charge is 0.481 e. The predicted octanol–water partition coefficient (Wildman–Crippen LogP) is 8.58. The maximum atomic E-state index is 13.1. The van der Waals surface area contributed by atoms with E-state index in [1.54, 1.807) is 13.0 Å². The summed E-state index contributed by atoms with van der Waals surface area (Å²) in [5, 5.41) is 0.629. The number of benzene rings is 2. The van der Waals surface area contributed by atoms with E-state index in [2.05, 4.69) is 4.98 Å². The molecule has 0 atom stereocenters. The van der Waals surface area contributed by atoms with Crippen molar-refractivity contribution in [1.29, 1.82) is 0 Å². The smallest absolute Gasteiger partial charge is 0.216 e. The Balaban J connectivity index is 0.000000256. The van der Waals surface area contributed by atoms with E-state index in [1.807, 2.05) is 41.5 Å². The molecule has 0 spiro atoms. The Bertz CT molecular complexity index is 1030. The van der Waals surface area contributed by atoms with E-state index < -0.39 is 0 Å². The van der Waals surface area contributed by atoms with Gasteiger partial charge >= 0.3 is 0 Å². The lowest BCUT2D eigenvalue weighted by Gasteiger charge is -2.20. The van der Waals surface area contributed by atoms with Crippen molar-refractivity contribution in [2.24, 2.45) is 0 Å². The van der Waals surface area contributed by atoms with Crippen LogP contribution in [0.3, 0.4) is 0 Å². The first kappa shape index (κ1) is 29.4. The summed E-state index contributed by atoms with van der Waals surface area (Å²) < 4.78 is 55.8. The molecule has 2 nitrogen and oxygen atoms in total. The third kappa shape index (κ3) is 9.34. The molecule has 1 heterocycles. The van der Waals surface area contributed by atoms with Gasteiger partial charge in [-0.3, -0.25) is 0 Å². The molecule has 3 rings (SSSR count). The summed E-state index contributed by atoms with van der Waals surface area (Å²) in [6.07, 6.45) is 1.13. The molecule has 3 aromatic rings. The molecule has 0 unspecified atom stereocenters. The summed E-state index contributed by atoms with van der Waals surface area (Å²) >= 11 is 5.91. The van der Waals surface area contributed by atoms with Gasteiger partial charge < -0.3 is 4.74 Å². The van der Waals surface area contributed by atoms with Gasteiger partial charge in [-0.1, -0.05) is 53.1 Å². The number of methoxy groups -OCH3 is 1. The molecule has 0 saturated heterocycles. The Labute approximate surface area is 205 Å². The van der Waals surface area contributed by atoms with Crippen LogP contribution in [0.4, 0.5) is 17.6 Å². The average Bonchev–Trinajstić information content (AvgIpc) is 2.71. The Morgan fingerprint density at radius 2 is 1.24 bits per heavy atom. The maximum absolute atomic E-state index is 13.1. The van der Waals surface area contributed by atoms with Crippen molar-refractivity contribution in [1.82, 2.24) is 4.98 Å². The van der Waals surface area contributed by atoms with Crippen molar-refractivity contribution in [3.05, 3.63) is 93.6 Å². The van der Waals surface area contributed by atoms with Crippen molar-refractivity contribution in [2.45, 2.75) is 59.3 Å². The molecular weight excluding hydrogens is 466 g/mol. The Morgan fingerprint density at radius 1 is 0.735 bits per heavy atom. The summed E-state index contributed by atoms with van der Waals surface area (Å²) in [6.45, 7) is 13.3. The van der Waals surface area contributed by atoms with Crippen molar-refractivity contribution >= 4 is 11.6 Å². The summed E-state index contributed by atoms with van der Waals surface area (Å²) in [7, 11) is 1.51. The van der Waals surface area contributed by atoms with Crippen LogP contribution in [0.5, 0.6) is 5.88 Å². The first-order chi connectivity index (χ1) is 15.6. The molecule has 0 bridgehead atoms. The van der Waals surface area contributed by atoms with Crippen LogP contribution in [0.2, 0.25) is 5.02 Å². The van der Waals surface area contributed by atoms with Gasteiger partial charge in [0.15, 0.2) is 0 Å². The molecule has 1 aromatic heterocycles. The molecule has 186 valence electrons. The number of rotatable bonds is 1. The van der Waals surface area contributed by atoms with Crippen molar-refractivity contribution in [2.75, 3.05) is 7.11 Å². The summed E-state index contributed by atoms with van der Waals surface area (Å²) in [6, 6.07) is 9.37. The van der Waals surface area contributed by atoms with Gasteiger partial charge in [-0.05, 0) is 71.3 Å². The lowest BCUT2D eigenvalue weighted by Crippen LogP contribution is -2.13. The molecule has 0 fully saturated rings. The second-order valence-electron chi connectivity index (χ2n) is 9.73. The third-order valence-corrected chi connectivity index (χ3v) is 4.99. The fraction of sp³-hybridized carbons (Fsp3) is 0.370. The van der Waals surface area contributed by atoms with Gasteiger partial charge in [0, 0.05) is 10.6 Å². The number of ether oxygens (including phenoxy) is 1. The zero-order valence-corrected chi connectivity index (χ0v) is 21.6. The van der Waals surface area contributed by atoms with E-state index in [1.165, 1.54) is 31.4 Å². The zero-order valence-electron chi connectivity index (χ0n) is 20.9. The Hall–Kier alpha value is -2.60. The van der Waals surface area contributed by atoms with Gasteiger partial charge in [-0.15, -0.1) is 0 Å². The van der Waals surface area contributed by atoms with Crippen LogP contribution in [-0.2, 0) is 10.8 Å². The molecule has 0 saturated carbocycles. The molecule has 34 heavy (non-hydrogen) atoms. The van der Waals surface area contributed by atoms with Crippen molar-refractivity contribution < 1.29 is 22.3 Å². The number of hydrogen-bond acceptors (Lipinski definition) is 2. The molecule has 0 aliphatic rings. The average molecular weight is 498 g/mol. The van der Waals surface area contributed by atoms with E-state index >= 15 is 0 Å². The van der Waals surface area contributed by atoms with Crippen LogP contribution in [0.1, 0.15) is 58.2 Å². The lowest BCUT2D eigenvalue weighted by atomic mass is 9.87. The normalized spacial score (nSPS) is 11.1. The van der Waals surface area contributed by atoms with E-state index in [4.69, 9.17) is 16.3 Å². The highest BCUT2D eigenvalue weighted by molar-refractivity contribution is 6.31. The Morgan fingerprint density at radius 3 is 1.65 bits per heavy atom. The SMILES string of the molecule is CC(C)(C)c1cc(F)ccc1Cl.CC(C)(C)c1cc(F)ccc1F.COc1ncc(F)cc1C. The maximum Gasteiger partial charge on any atom is 0.216 e. The molecule has 0 radical (unpaired) electrons. The minimum atomic E-state index is -0.388. The first-order valence-corrected chi connectivity index (χ1v) is 11.0. The second-order valence-corrected chi connectivity index (χ2v) is 10.1. The number of pyridine rings is 1. The van der Waals surface area contributed by atoms with Crippen LogP contribution in [0.25, 0.3) is 0 Å². The molecule has 0 N–H and O–H groups in total. The van der Waals surface area contributed by atoms with Gasteiger partial charge in [-0.2, -0.15) is 0 Å². The summed E-state index contributed by atoms with van der Waals surface area (Å²) in [5.74, 6) is -0.825. The van der Waals surface area contributed by atoms with Gasteiger partial charge in [0.2, 0.25) is 5.88 Å². The molecule has 7 heteroatoms. The van der Waals surface area contributed by atoms with Crippen LogP contribution >= 0.6 is 11.6 Å². The number of halogens is 5. The topological polar surface area (TPSA) is 22.1 Å². The van der Waals surface area contributed by atoms with E-state index in [-0.39, 0.29) is 34.1 Å². The van der Waals surface area contributed by atoms with Crippen molar-refractivity contribution in [3.8, 4) is 5.88 Å². The Kier molecular flexibility index (Phi) is 10.6. The molecule has 2 aromatic carbocycles. The highest BCUT2D eigenvalue weighted by Gasteiger charge is 2.19. The standard InChI is InChI=1S/C10H12ClF.C10H12F2.C7H8FNO/c1-10(2,3)8-6-7(12)4-5-9(8)11;1-10(2,3)8-6-7(11)4-5-9(8)12;1-5-3-6(8)4-9-7(5)10-2/h2*4-6H,1-3H3;3-4H,1-2H3. The highest BCUT2D eigenvalue weighted by Crippen LogP contribution is 2.29. The summed E-state index contributed by atoms with van der Waals surface area (Å²) in [5.41, 5.74) is 1.54. The first-order valence-electron chi connectivity index (χ1n) is 10.6. The third-order valence-electron chi connectivity index (χ3n) is 4.66. The molecular formula is C27H32ClF4NO. The highest BCUT2D eigenvalue weighted by atomic mass is 35.5. The van der Waals surface area contributed by atoms with E-state index in [9.17, 15) is 17.6 Å². The van der Waals surface area contributed by atoms with Gasteiger partial charge in [0.1, 0.15) is 23.3 Å². The van der Waals surface area contributed by atoms with Gasteiger partial charge in [0.05, 0.1) is 13.3 Å². The number of hydrogen-bond donors (Lipinski definition) is 0. The van der Waals surface area contributed by atoms with Crippen LogP contribution in [0.15, 0.2) is 48.7 Å². The van der Waals surface area contributed by atoms with Crippen molar-refractivity contribution in [3.63, 3.8) is 0 Å². The fourth-order valence-electron chi connectivity index (χ4n) is 2.89. The van der Waals surface area contributed by atoms with E-state index in [0.717, 1.165) is 23.9 Å². The predicted molar refractivity (Wildman–Crippen MR) is 131 cm³/mol. The van der Waals surface area contributed by atoms with E-state index in [0.29, 0.717) is 22.0 Å². The summed E-state index contributed by atoms with van der Waals surface area (Å²) in [4.78, 5) is 3.70. The molecule has 0 aliphatic heterocycles. The monoisotopic (exact) mass is 497 g/mol. The lowest BCUT2D eigenvalue weighted by molar-refractivity contribution is 0.392. The fourth-order valence-corrected chi connectivity index (χ4v) is 3.29. The van der Waals surface area contributed by atoms with Gasteiger partial charge in [0.25, 0.3) is 0 Å². The molecule has 0 aliphatic carbocycles. The van der Waals surface area contributed by atoms with Crippen LogP contribution in [0, 0.1) is 30.2 Å². The number of aromatic nitrogens is 1. The quantitative estimate of drug-likeness (QED) is 0.314. The zero-order chi connectivity index (χ0) is 26.3. The van der Waals surface area contributed by atoms with Crippen LogP contribution < -0.4 is 4.74 Å². The minimum Gasteiger partial charge on any atom is -0.481 e. The number of aryl methyl sites for hydroxylation is 1. The van der Waals surface area contributed by atoms with Gasteiger partial charge in [-0.25, -0.2) is 22.5 Å².